The fraction of sp³-hybridized carbons (Fsp3) is 0.294. The highest BCUT2D eigenvalue weighted by Gasteiger charge is 2.11. The third-order valence-corrected chi connectivity index (χ3v) is 5.34. The molecule has 0 bridgehead atoms. The summed E-state index contributed by atoms with van der Waals surface area (Å²) in [5.74, 6) is -0.317. The highest BCUT2D eigenvalue weighted by Crippen LogP contribution is 2.25. The summed E-state index contributed by atoms with van der Waals surface area (Å²) in [6.45, 7) is 8.01. The molecule has 2 aromatic rings. The molecule has 0 radical (unpaired) electrons. The maximum Gasteiger partial charge on any atom is 0.243 e. The number of nitrogens with one attached hydrogen (secondary N) is 3. The van der Waals surface area contributed by atoms with Crippen molar-refractivity contribution in [3.63, 3.8) is 0 Å². The van der Waals surface area contributed by atoms with Gasteiger partial charge in [0.25, 0.3) is 0 Å². The van der Waals surface area contributed by atoms with Gasteiger partial charge in [-0.2, -0.15) is 0 Å². The molecule has 138 valence electrons. The number of hydrogen-bond acceptors (Lipinski definition) is 7. The maximum absolute atomic E-state index is 12.0. The summed E-state index contributed by atoms with van der Waals surface area (Å²) in [4.78, 5) is 23.9. The number of amides is 2. The van der Waals surface area contributed by atoms with Gasteiger partial charge in [0, 0.05) is 12.2 Å². The maximum atomic E-state index is 12.0. The highest BCUT2D eigenvalue weighted by atomic mass is 32.2. The summed E-state index contributed by atoms with van der Waals surface area (Å²) in [5.41, 5.74) is 2.75. The lowest BCUT2D eigenvalue weighted by molar-refractivity contribution is -0.122. The Bertz CT molecular complexity index is 771. The second-order valence-corrected chi connectivity index (χ2v) is 7.62. The van der Waals surface area contributed by atoms with Gasteiger partial charge in [0.2, 0.25) is 16.9 Å². The fourth-order valence-corrected chi connectivity index (χ4v) is 3.64. The van der Waals surface area contributed by atoms with E-state index in [1.165, 1.54) is 23.1 Å². The summed E-state index contributed by atoms with van der Waals surface area (Å²) in [5, 5.41) is 17.1. The van der Waals surface area contributed by atoms with Gasteiger partial charge in [0.15, 0.2) is 4.34 Å². The van der Waals surface area contributed by atoms with Gasteiger partial charge in [-0.15, -0.1) is 16.8 Å². The van der Waals surface area contributed by atoms with Gasteiger partial charge in [0.05, 0.1) is 12.3 Å². The average Bonchev–Trinajstić information content (AvgIpc) is 3.07. The number of nitrogens with zero attached hydrogens (tertiary/aromatic N) is 2. The van der Waals surface area contributed by atoms with Crippen LogP contribution in [0.15, 0.2) is 35.2 Å². The topological polar surface area (TPSA) is 96.0 Å². The van der Waals surface area contributed by atoms with E-state index in [1.54, 1.807) is 6.08 Å². The molecule has 0 unspecified atom stereocenters. The number of rotatable bonds is 9. The summed E-state index contributed by atoms with van der Waals surface area (Å²) in [6.07, 6.45) is 1.73. The molecule has 2 amide bonds. The summed E-state index contributed by atoms with van der Waals surface area (Å²) in [7, 11) is 0. The van der Waals surface area contributed by atoms with E-state index in [2.05, 4.69) is 32.7 Å². The number of benzene rings is 1. The van der Waals surface area contributed by atoms with Crippen LogP contribution in [0.4, 0.5) is 10.8 Å². The van der Waals surface area contributed by atoms with Crippen LogP contribution in [0, 0.1) is 13.8 Å². The van der Waals surface area contributed by atoms with Crippen LogP contribution in [-0.4, -0.2) is 40.9 Å². The molecule has 0 atom stereocenters. The van der Waals surface area contributed by atoms with Gasteiger partial charge in [-0.25, -0.2) is 0 Å². The molecule has 0 fully saturated rings. The van der Waals surface area contributed by atoms with Crippen molar-refractivity contribution in [1.29, 1.82) is 0 Å². The number of aryl methyl sites for hydroxylation is 2. The SMILES string of the molecule is C=CCNc1nnc(SCC(=O)NCC(=O)Nc2c(C)cccc2C)s1. The first-order valence-corrected chi connectivity index (χ1v) is 9.73. The van der Waals surface area contributed by atoms with Crippen LogP contribution in [0.5, 0.6) is 0 Å². The Hall–Kier alpha value is -2.39. The highest BCUT2D eigenvalue weighted by molar-refractivity contribution is 8.01. The lowest BCUT2D eigenvalue weighted by Crippen LogP contribution is -2.34. The average molecular weight is 392 g/mol. The predicted molar refractivity (Wildman–Crippen MR) is 107 cm³/mol. The Morgan fingerprint density at radius 2 is 1.96 bits per heavy atom. The Balaban J connectivity index is 1.73. The Morgan fingerprint density at radius 1 is 1.23 bits per heavy atom. The van der Waals surface area contributed by atoms with E-state index >= 15 is 0 Å². The second-order valence-electron chi connectivity index (χ2n) is 5.42. The summed E-state index contributed by atoms with van der Waals surface area (Å²) in [6, 6.07) is 5.79. The molecule has 0 aliphatic carbocycles. The molecule has 1 aromatic heterocycles. The number of carbonyl (C=O) groups excluding carboxylic acids is 2. The van der Waals surface area contributed by atoms with E-state index in [0.717, 1.165) is 16.8 Å². The van der Waals surface area contributed by atoms with Gasteiger partial charge in [0.1, 0.15) is 0 Å². The van der Waals surface area contributed by atoms with Crippen LogP contribution < -0.4 is 16.0 Å². The van der Waals surface area contributed by atoms with Crippen molar-refractivity contribution in [2.75, 3.05) is 29.5 Å². The van der Waals surface area contributed by atoms with Crippen LogP contribution in [-0.2, 0) is 9.59 Å². The fourth-order valence-electron chi connectivity index (χ4n) is 2.05. The minimum Gasteiger partial charge on any atom is -0.357 e. The number of carbonyl (C=O) groups is 2. The van der Waals surface area contributed by atoms with E-state index < -0.39 is 0 Å². The van der Waals surface area contributed by atoms with E-state index in [4.69, 9.17) is 0 Å². The summed E-state index contributed by atoms with van der Waals surface area (Å²) < 4.78 is 0.687. The number of aromatic nitrogens is 2. The molecule has 0 saturated heterocycles. The number of para-hydroxylation sites is 1. The number of hydrogen-bond donors (Lipinski definition) is 3. The molecule has 0 spiro atoms. The van der Waals surface area contributed by atoms with Crippen LogP contribution in [0.2, 0.25) is 0 Å². The Labute approximate surface area is 160 Å². The van der Waals surface area contributed by atoms with Gasteiger partial charge >= 0.3 is 0 Å². The van der Waals surface area contributed by atoms with E-state index in [1.807, 2.05) is 32.0 Å². The van der Waals surface area contributed by atoms with E-state index in [9.17, 15) is 9.59 Å². The Morgan fingerprint density at radius 3 is 2.65 bits per heavy atom. The number of thioether (sulfide) groups is 1. The number of anilines is 2. The third kappa shape index (κ3) is 6.16. The first-order valence-electron chi connectivity index (χ1n) is 7.93. The monoisotopic (exact) mass is 391 g/mol. The van der Waals surface area contributed by atoms with Gasteiger partial charge < -0.3 is 16.0 Å². The molecular weight excluding hydrogens is 370 g/mol. The molecule has 1 aromatic carbocycles. The molecule has 0 aliphatic rings. The zero-order valence-electron chi connectivity index (χ0n) is 14.7. The van der Waals surface area contributed by atoms with Crippen molar-refractivity contribution in [2.24, 2.45) is 0 Å². The van der Waals surface area contributed by atoms with Crippen LogP contribution >= 0.6 is 23.1 Å². The van der Waals surface area contributed by atoms with Crippen LogP contribution in [0.1, 0.15) is 11.1 Å². The van der Waals surface area contributed by atoms with Gasteiger partial charge in [-0.3, -0.25) is 9.59 Å². The van der Waals surface area contributed by atoms with Crippen molar-refractivity contribution in [1.82, 2.24) is 15.5 Å². The van der Waals surface area contributed by atoms with Crippen LogP contribution in [0.3, 0.4) is 0 Å². The predicted octanol–water partition coefficient (Wildman–Crippen LogP) is 2.60. The van der Waals surface area contributed by atoms with E-state index in [-0.39, 0.29) is 24.1 Å². The van der Waals surface area contributed by atoms with Gasteiger partial charge in [-0.1, -0.05) is 47.4 Å². The second kappa shape index (κ2) is 9.93. The van der Waals surface area contributed by atoms with Crippen molar-refractivity contribution in [3.8, 4) is 0 Å². The van der Waals surface area contributed by atoms with Crippen LogP contribution in [0.25, 0.3) is 0 Å². The molecule has 0 aliphatic heterocycles. The van der Waals surface area contributed by atoms with Crippen molar-refractivity contribution in [2.45, 2.75) is 18.2 Å². The minimum atomic E-state index is -0.257. The van der Waals surface area contributed by atoms with Crippen molar-refractivity contribution >= 4 is 45.7 Å². The lowest BCUT2D eigenvalue weighted by atomic mass is 10.1. The molecule has 1 heterocycles. The quantitative estimate of drug-likeness (QED) is 0.449. The van der Waals surface area contributed by atoms with Crippen molar-refractivity contribution < 1.29 is 9.59 Å². The first kappa shape index (κ1) is 19.9. The largest absolute Gasteiger partial charge is 0.357 e. The lowest BCUT2D eigenvalue weighted by Gasteiger charge is -2.11. The van der Waals surface area contributed by atoms with E-state index in [0.29, 0.717) is 16.0 Å². The summed E-state index contributed by atoms with van der Waals surface area (Å²) >= 11 is 2.65. The minimum absolute atomic E-state index is 0.0740. The molecular formula is C17H21N5O2S2. The molecule has 26 heavy (non-hydrogen) atoms. The smallest absolute Gasteiger partial charge is 0.243 e. The first-order chi connectivity index (χ1) is 12.5. The zero-order valence-corrected chi connectivity index (χ0v) is 16.3. The molecule has 7 nitrogen and oxygen atoms in total. The normalized spacial score (nSPS) is 10.2. The molecule has 0 saturated carbocycles. The zero-order chi connectivity index (χ0) is 18.9. The standard InChI is InChI=1S/C17H21N5O2S2/c1-4-8-18-16-21-22-17(26-16)25-10-14(24)19-9-13(23)20-15-11(2)6-5-7-12(15)3/h4-7H,1,8-10H2,2-3H3,(H,18,21)(H,19,24)(H,20,23). The molecule has 2 rings (SSSR count). The van der Waals surface area contributed by atoms with Gasteiger partial charge in [-0.05, 0) is 25.0 Å². The molecule has 9 heteroatoms. The molecule has 3 N–H and O–H groups in total. The van der Waals surface area contributed by atoms with Crippen molar-refractivity contribution in [3.05, 3.63) is 42.0 Å². The Kier molecular flexibility index (Phi) is 7.61. The third-order valence-electron chi connectivity index (χ3n) is 3.32.